The number of carbonyl (C=O) groups is 1. The fraction of sp³-hybridized carbons (Fsp3) is 0.133. The van der Waals surface area contributed by atoms with Gasteiger partial charge < -0.3 is 9.47 Å². The molecule has 0 amide bonds. The summed E-state index contributed by atoms with van der Waals surface area (Å²) >= 11 is 6.68. The molecule has 0 saturated carbocycles. The smallest absolute Gasteiger partial charge is 0.324 e. The lowest BCUT2D eigenvalue weighted by atomic mass is 10.1. The molecule has 0 heterocycles. The Bertz CT molecular complexity index is 596. The number of esters is 1. The molecule has 0 saturated heterocycles. The highest BCUT2D eigenvalue weighted by atomic mass is 79.9. The Morgan fingerprint density at radius 1 is 1.10 bits per heavy atom. The number of halogens is 2. The molecule has 0 aromatic heterocycles. The maximum absolute atomic E-state index is 11.5. The number of rotatable bonds is 4. The molecule has 0 radical (unpaired) electrons. The molecule has 0 aliphatic heterocycles. The first-order valence-electron chi connectivity index (χ1n) is 5.85. The van der Waals surface area contributed by atoms with E-state index in [0.717, 1.165) is 15.8 Å². The molecule has 0 spiro atoms. The molecule has 104 valence electrons. The van der Waals surface area contributed by atoms with Crippen LogP contribution in [0, 0.1) is 0 Å². The number of methoxy groups -OCH3 is 1. The van der Waals surface area contributed by atoms with Gasteiger partial charge in [0.25, 0.3) is 0 Å². The minimum absolute atomic E-state index is 0.342. The summed E-state index contributed by atoms with van der Waals surface area (Å²) in [5, 5.41) is 0. The number of hydrogen-bond donors (Lipinski definition) is 0. The fourth-order valence-corrected chi connectivity index (χ4v) is 2.35. The van der Waals surface area contributed by atoms with Crippen molar-refractivity contribution in [2.24, 2.45) is 0 Å². The van der Waals surface area contributed by atoms with Gasteiger partial charge in [-0.1, -0.05) is 44.0 Å². The average molecular weight is 400 g/mol. The first kappa shape index (κ1) is 15.1. The maximum Gasteiger partial charge on any atom is 0.324 e. The van der Waals surface area contributed by atoms with Crippen LogP contribution in [0.3, 0.4) is 0 Å². The van der Waals surface area contributed by atoms with Gasteiger partial charge in [-0.2, -0.15) is 0 Å². The fourth-order valence-electron chi connectivity index (χ4n) is 1.61. The van der Waals surface area contributed by atoms with Gasteiger partial charge in [0.15, 0.2) is 0 Å². The van der Waals surface area contributed by atoms with Crippen LogP contribution in [0.15, 0.2) is 53.0 Å². The van der Waals surface area contributed by atoms with Crippen LogP contribution in [-0.4, -0.2) is 13.1 Å². The summed E-state index contributed by atoms with van der Waals surface area (Å²) in [6.45, 7) is 0. The topological polar surface area (TPSA) is 35.5 Å². The van der Waals surface area contributed by atoms with Crippen LogP contribution in [0.4, 0.5) is 0 Å². The summed E-state index contributed by atoms with van der Waals surface area (Å²) in [6.07, 6.45) is 0. The van der Waals surface area contributed by atoms with Gasteiger partial charge in [0.1, 0.15) is 16.3 Å². The van der Waals surface area contributed by atoms with E-state index in [1.165, 1.54) is 7.11 Å². The molecular formula is C15H12Br2O3. The lowest BCUT2D eigenvalue weighted by Crippen LogP contribution is -2.08. The molecule has 0 aliphatic rings. The second-order valence-corrected chi connectivity index (χ2v) is 5.85. The Balaban J connectivity index is 2.17. The predicted molar refractivity (Wildman–Crippen MR) is 84.3 cm³/mol. The molecular weight excluding hydrogens is 388 g/mol. The van der Waals surface area contributed by atoms with Gasteiger partial charge in [0.2, 0.25) is 0 Å². The largest absolute Gasteiger partial charge is 0.468 e. The van der Waals surface area contributed by atoms with Crippen LogP contribution in [0.25, 0.3) is 0 Å². The van der Waals surface area contributed by atoms with Crippen molar-refractivity contribution in [1.82, 2.24) is 0 Å². The van der Waals surface area contributed by atoms with Gasteiger partial charge in [0, 0.05) is 4.47 Å². The first-order valence-corrected chi connectivity index (χ1v) is 7.56. The molecule has 0 fully saturated rings. The van der Waals surface area contributed by atoms with E-state index in [1.54, 1.807) is 6.07 Å². The zero-order chi connectivity index (χ0) is 14.5. The molecule has 3 nitrogen and oxygen atoms in total. The van der Waals surface area contributed by atoms with Crippen LogP contribution in [0.5, 0.6) is 11.5 Å². The van der Waals surface area contributed by atoms with Crippen LogP contribution in [-0.2, 0) is 9.53 Å². The SMILES string of the molecule is COC(=O)[C@@H](Br)c1cccc(Oc2ccc(Br)cc2)c1. The van der Waals surface area contributed by atoms with Gasteiger partial charge in [0.05, 0.1) is 7.11 Å². The second-order valence-electron chi connectivity index (χ2n) is 4.01. The summed E-state index contributed by atoms with van der Waals surface area (Å²) < 4.78 is 11.4. The summed E-state index contributed by atoms with van der Waals surface area (Å²) in [6, 6.07) is 14.8. The van der Waals surface area contributed by atoms with Crippen LogP contribution in [0.1, 0.15) is 10.4 Å². The molecule has 0 aliphatic carbocycles. The third-order valence-corrected chi connectivity index (χ3v) is 4.04. The maximum atomic E-state index is 11.5. The van der Waals surface area contributed by atoms with Crippen LogP contribution in [0.2, 0.25) is 0 Å². The molecule has 2 aromatic carbocycles. The van der Waals surface area contributed by atoms with Gasteiger partial charge in [-0.25, -0.2) is 0 Å². The molecule has 0 bridgehead atoms. The lowest BCUT2D eigenvalue weighted by Gasteiger charge is -2.10. The quantitative estimate of drug-likeness (QED) is 0.544. The normalized spacial score (nSPS) is 11.8. The van der Waals surface area contributed by atoms with Gasteiger partial charge in [-0.15, -0.1) is 0 Å². The summed E-state index contributed by atoms with van der Waals surface area (Å²) in [7, 11) is 1.36. The third-order valence-electron chi connectivity index (χ3n) is 2.61. The molecule has 0 unspecified atom stereocenters. The Morgan fingerprint density at radius 3 is 2.45 bits per heavy atom. The predicted octanol–water partition coefficient (Wildman–Crippen LogP) is 4.85. The van der Waals surface area contributed by atoms with Gasteiger partial charge in [-0.3, -0.25) is 4.79 Å². The van der Waals surface area contributed by atoms with Crippen molar-refractivity contribution in [3.05, 3.63) is 58.6 Å². The molecule has 0 N–H and O–H groups in total. The number of alkyl halides is 1. The van der Waals surface area contributed by atoms with Gasteiger partial charge in [-0.05, 0) is 42.0 Å². The highest BCUT2D eigenvalue weighted by Crippen LogP contribution is 2.29. The molecule has 2 aromatic rings. The highest BCUT2D eigenvalue weighted by molar-refractivity contribution is 9.10. The van der Waals surface area contributed by atoms with E-state index in [4.69, 9.17) is 9.47 Å². The molecule has 2 rings (SSSR count). The van der Waals surface area contributed by atoms with E-state index in [-0.39, 0.29) is 5.97 Å². The van der Waals surface area contributed by atoms with E-state index in [2.05, 4.69) is 31.9 Å². The second kappa shape index (κ2) is 6.90. The third kappa shape index (κ3) is 3.84. The Hall–Kier alpha value is -1.33. The Kier molecular flexibility index (Phi) is 5.20. The standard InChI is InChI=1S/C15H12Br2O3/c1-19-15(18)14(17)10-3-2-4-13(9-10)20-12-7-5-11(16)6-8-12/h2-9,14H,1H3/t14-/m0/s1. The Morgan fingerprint density at radius 2 is 1.80 bits per heavy atom. The van der Waals surface area contributed by atoms with E-state index in [0.29, 0.717) is 5.75 Å². The van der Waals surface area contributed by atoms with E-state index < -0.39 is 4.83 Å². The highest BCUT2D eigenvalue weighted by Gasteiger charge is 2.18. The van der Waals surface area contributed by atoms with Crippen molar-refractivity contribution >= 4 is 37.8 Å². The average Bonchev–Trinajstić information content (AvgIpc) is 2.48. The molecule has 1 atom stereocenters. The minimum Gasteiger partial charge on any atom is -0.468 e. The van der Waals surface area contributed by atoms with Crippen molar-refractivity contribution in [1.29, 1.82) is 0 Å². The van der Waals surface area contributed by atoms with E-state index in [9.17, 15) is 4.79 Å². The zero-order valence-corrected chi connectivity index (χ0v) is 13.8. The summed E-state index contributed by atoms with van der Waals surface area (Å²) in [5.74, 6) is 1.05. The minimum atomic E-state index is -0.499. The monoisotopic (exact) mass is 398 g/mol. The van der Waals surface area contributed by atoms with Crippen molar-refractivity contribution < 1.29 is 14.3 Å². The zero-order valence-electron chi connectivity index (χ0n) is 10.7. The molecule has 20 heavy (non-hydrogen) atoms. The van der Waals surface area contributed by atoms with Crippen molar-refractivity contribution in [2.75, 3.05) is 7.11 Å². The van der Waals surface area contributed by atoms with E-state index in [1.807, 2.05) is 42.5 Å². The summed E-state index contributed by atoms with van der Waals surface area (Å²) in [5.41, 5.74) is 0.784. The Labute approximate surface area is 134 Å². The summed E-state index contributed by atoms with van der Waals surface area (Å²) in [4.78, 5) is 11.0. The number of hydrogen-bond acceptors (Lipinski definition) is 3. The van der Waals surface area contributed by atoms with Crippen molar-refractivity contribution in [3.63, 3.8) is 0 Å². The van der Waals surface area contributed by atoms with Crippen molar-refractivity contribution in [3.8, 4) is 11.5 Å². The van der Waals surface area contributed by atoms with Gasteiger partial charge >= 0.3 is 5.97 Å². The van der Waals surface area contributed by atoms with Crippen LogP contribution < -0.4 is 4.74 Å². The lowest BCUT2D eigenvalue weighted by molar-refractivity contribution is -0.139. The number of ether oxygens (including phenoxy) is 2. The number of carbonyl (C=O) groups excluding carboxylic acids is 1. The molecule has 5 heteroatoms. The van der Waals surface area contributed by atoms with Crippen molar-refractivity contribution in [2.45, 2.75) is 4.83 Å². The first-order chi connectivity index (χ1) is 9.60. The van der Waals surface area contributed by atoms with Crippen LogP contribution >= 0.6 is 31.9 Å². The van der Waals surface area contributed by atoms with E-state index >= 15 is 0 Å². The number of benzene rings is 2.